The maximum Gasteiger partial charge on any atom is 0.170 e. The van der Waals surface area contributed by atoms with Crippen LogP contribution in [0.15, 0.2) is 28.6 Å². The normalized spacial score (nSPS) is 21.1. The lowest BCUT2D eigenvalue weighted by molar-refractivity contribution is 0.560. The molecule has 1 aromatic heterocycles. The van der Waals surface area contributed by atoms with E-state index in [0.717, 1.165) is 29.6 Å². The first kappa shape index (κ1) is 14.0. The van der Waals surface area contributed by atoms with Crippen molar-refractivity contribution in [3.8, 4) is 0 Å². The number of rotatable bonds is 5. The molecule has 2 aromatic rings. The topological polar surface area (TPSA) is 37.8 Å². The Kier molecular flexibility index (Phi) is 4.38. The third-order valence-corrected chi connectivity index (χ3v) is 5.72. The second-order valence-corrected chi connectivity index (χ2v) is 7.16. The van der Waals surface area contributed by atoms with Crippen LogP contribution in [0.5, 0.6) is 0 Å². The second-order valence-electron chi connectivity index (χ2n) is 4.92. The zero-order valence-electron chi connectivity index (χ0n) is 11.8. The van der Waals surface area contributed by atoms with E-state index in [1.54, 1.807) is 0 Å². The van der Waals surface area contributed by atoms with Crippen LogP contribution in [0.25, 0.3) is 0 Å². The number of benzene rings is 1. The maximum absolute atomic E-state index is 4.59. The van der Waals surface area contributed by atoms with Crippen molar-refractivity contribution in [2.24, 2.45) is 0 Å². The smallest absolute Gasteiger partial charge is 0.170 e. The van der Waals surface area contributed by atoms with Crippen molar-refractivity contribution in [3.63, 3.8) is 0 Å². The Morgan fingerprint density at radius 1 is 1.35 bits per heavy atom. The van der Waals surface area contributed by atoms with Gasteiger partial charge in [-0.05, 0) is 35.6 Å². The van der Waals surface area contributed by atoms with Gasteiger partial charge in [-0.1, -0.05) is 49.9 Å². The lowest BCUT2D eigenvalue weighted by Gasteiger charge is -2.19. The predicted octanol–water partition coefficient (Wildman–Crippen LogP) is 3.47. The van der Waals surface area contributed by atoms with Crippen LogP contribution in [0.4, 0.5) is 0 Å². The van der Waals surface area contributed by atoms with Gasteiger partial charge >= 0.3 is 0 Å². The lowest BCUT2D eigenvalue weighted by Crippen LogP contribution is -2.26. The molecule has 0 radical (unpaired) electrons. The summed E-state index contributed by atoms with van der Waals surface area (Å²) in [4.78, 5) is 4.59. The molecule has 0 saturated heterocycles. The highest BCUT2D eigenvalue weighted by Crippen LogP contribution is 2.41. The molecule has 1 N–H and O–H groups in total. The molecule has 3 rings (SSSR count). The molecule has 0 fully saturated rings. The van der Waals surface area contributed by atoms with Gasteiger partial charge in [0.2, 0.25) is 0 Å². The van der Waals surface area contributed by atoms with Crippen molar-refractivity contribution in [1.82, 2.24) is 14.7 Å². The Balaban J connectivity index is 1.79. The minimum atomic E-state index is 0.426. The van der Waals surface area contributed by atoms with Gasteiger partial charge in [0, 0.05) is 17.7 Å². The Bertz CT molecular complexity index is 582. The summed E-state index contributed by atoms with van der Waals surface area (Å²) in [5, 5.41) is 4.15. The SMILES string of the molecule is CCNC1c2ccccc2CC1Sc1nc(CC)ns1. The number of nitrogens with one attached hydrogen (secondary N) is 1. The molecule has 0 amide bonds. The molecular weight excluding hydrogens is 286 g/mol. The van der Waals surface area contributed by atoms with E-state index in [-0.39, 0.29) is 0 Å². The summed E-state index contributed by atoms with van der Waals surface area (Å²) in [7, 11) is 0. The molecule has 0 spiro atoms. The highest BCUT2D eigenvalue weighted by Gasteiger charge is 2.33. The van der Waals surface area contributed by atoms with Crippen molar-refractivity contribution in [3.05, 3.63) is 41.2 Å². The monoisotopic (exact) mass is 305 g/mol. The fourth-order valence-corrected chi connectivity index (χ4v) is 4.90. The van der Waals surface area contributed by atoms with Crippen LogP contribution < -0.4 is 5.32 Å². The number of thioether (sulfide) groups is 1. The summed E-state index contributed by atoms with van der Waals surface area (Å²) >= 11 is 3.41. The van der Waals surface area contributed by atoms with Crippen LogP contribution in [-0.2, 0) is 12.8 Å². The first-order valence-electron chi connectivity index (χ1n) is 7.12. The zero-order valence-corrected chi connectivity index (χ0v) is 13.4. The molecule has 1 aliphatic rings. The fraction of sp³-hybridized carbons (Fsp3) is 0.467. The van der Waals surface area contributed by atoms with Crippen LogP contribution in [0.2, 0.25) is 0 Å². The summed E-state index contributed by atoms with van der Waals surface area (Å²) in [6.07, 6.45) is 2.03. The third-order valence-electron chi connectivity index (χ3n) is 3.62. The van der Waals surface area contributed by atoms with Gasteiger partial charge < -0.3 is 5.32 Å². The van der Waals surface area contributed by atoms with Gasteiger partial charge in [0.1, 0.15) is 5.82 Å². The average molecular weight is 305 g/mol. The van der Waals surface area contributed by atoms with Gasteiger partial charge in [-0.3, -0.25) is 0 Å². The van der Waals surface area contributed by atoms with E-state index in [0.29, 0.717) is 11.3 Å². The molecule has 2 unspecified atom stereocenters. The molecule has 5 heteroatoms. The van der Waals surface area contributed by atoms with Crippen molar-refractivity contribution in [1.29, 1.82) is 0 Å². The average Bonchev–Trinajstić information content (AvgIpc) is 3.05. The number of aryl methyl sites for hydroxylation is 1. The molecule has 0 aliphatic heterocycles. The Hall–Kier alpha value is -0.910. The number of hydrogen-bond donors (Lipinski definition) is 1. The van der Waals surface area contributed by atoms with E-state index in [1.807, 2.05) is 11.8 Å². The number of aromatic nitrogens is 2. The highest BCUT2D eigenvalue weighted by molar-refractivity contribution is 8.01. The van der Waals surface area contributed by atoms with Crippen LogP contribution in [0.1, 0.15) is 36.8 Å². The van der Waals surface area contributed by atoms with Crippen molar-refractivity contribution in [2.75, 3.05) is 6.54 Å². The van der Waals surface area contributed by atoms with Gasteiger partial charge in [-0.15, -0.1) is 0 Å². The van der Waals surface area contributed by atoms with Crippen LogP contribution in [0.3, 0.4) is 0 Å². The van der Waals surface area contributed by atoms with E-state index < -0.39 is 0 Å². The van der Waals surface area contributed by atoms with Gasteiger partial charge in [0.05, 0.1) is 0 Å². The summed E-state index contributed by atoms with van der Waals surface area (Å²) in [5.74, 6) is 0.966. The molecule has 20 heavy (non-hydrogen) atoms. The third kappa shape index (κ3) is 2.75. The van der Waals surface area contributed by atoms with E-state index in [4.69, 9.17) is 0 Å². The largest absolute Gasteiger partial charge is 0.309 e. The molecule has 3 nitrogen and oxygen atoms in total. The first-order valence-corrected chi connectivity index (χ1v) is 8.77. The number of fused-ring (bicyclic) bond motifs is 1. The van der Waals surface area contributed by atoms with Gasteiger partial charge in [0.25, 0.3) is 0 Å². The molecule has 2 atom stereocenters. The van der Waals surface area contributed by atoms with E-state index >= 15 is 0 Å². The Labute approximate surface area is 128 Å². The first-order chi connectivity index (χ1) is 9.81. The Morgan fingerprint density at radius 2 is 2.20 bits per heavy atom. The standard InChI is InChI=1S/C15H19N3S2/c1-3-13-17-15(20-18-13)19-12-9-10-7-5-6-8-11(10)14(12)16-4-2/h5-8,12,14,16H,3-4,9H2,1-2H3. The number of nitrogens with zero attached hydrogens (tertiary/aromatic N) is 2. The van der Waals surface area contributed by atoms with Crippen molar-refractivity contribution < 1.29 is 0 Å². The molecule has 0 saturated carbocycles. The van der Waals surface area contributed by atoms with E-state index in [9.17, 15) is 0 Å². The van der Waals surface area contributed by atoms with Crippen LogP contribution >= 0.6 is 23.3 Å². The quantitative estimate of drug-likeness (QED) is 0.918. The molecular formula is C15H19N3S2. The maximum atomic E-state index is 4.59. The molecule has 1 aliphatic carbocycles. The molecule has 0 bridgehead atoms. The van der Waals surface area contributed by atoms with Gasteiger partial charge in [-0.25, -0.2) is 4.98 Å². The highest BCUT2D eigenvalue weighted by atomic mass is 32.2. The predicted molar refractivity (Wildman–Crippen MR) is 85.5 cm³/mol. The minimum Gasteiger partial charge on any atom is -0.309 e. The zero-order chi connectivity index (χ0) is 13.9. The molecule has 1 heterocycles. The second kappa shape index (κ2) is 6.24. The van der Waals surface area contributed by atoms with Gasteiger partial charge in [0.15, 0.2) is 4.34 Å². The minimum absolute atomic E-state index is 0.426. The van der Waals surface area contributed by atoms with Crippen LogP contribution in [0, 0.1) is 0 Å². The van der Waals surface area contributed by atoms with Crippen LogP contribution in [-0.4, -0.2) is 21.2 Å². The summed E-state index contributed by atoms with van der Waals surface area (Å²) in [6.45, 7) is 5.26. The molecule has 106 valence electrons. The van der Waals surface area contributed by atoms with E-state index in [2.05, 4.69) is 52.8 Å². The number of hydrogen-bond acceptors (Lipinski definition) is 5. The van der Waals surface area contributed by atoms with Crippen molar-refractivity contribution >= 4 is 23.3 Å². The summed E-state index contributed by atoms with van der Waals surface area (Å²) < 4.78 is 5.49. The summed E-state index contributed by atoms with van der Waals surface area (Å²) in [6, 6.07) is 9.19. The molecule has 1 aromatic carbocycles. The van der Waals surface area contributed by atoms with Gasteiger partial charge in [-0.2, -0.15) is 4.37 Å². The van der Waals surface area contributed by atoms with Crippen molar-refractivity contribution in [2.45, 2.75) is 42.3 Å². The fourth-order valence-electron chi connectivity index (χ4n) is 2.69. The lowest BCUT2D eigenvalue weighted by atomic mass is 10.1. The Morgan fingerprint density at radius 3 is 2.95 bits per heavy atom. The summed E-state index contributed by atoms with van der Waals surface area (Å²) in [5.41, 5.74) is 2.92. The van der Waals surface area contributed by atoms with E-state index in [1.165, 1.54) is 22.7 Å².